The average molecular weight is 256 g/mol. The number of fused-ring (bicyclic) bond motifs is 2. The molecule has 3 unspecified atom stereocenters. The fourth-order valence-electron chi connectivity index (χ4n) is 3.92. The normalized spacial score (nSPS) is 31.1. The van der Waals surface area contributed by atoms with Gasteiger partial charge in [0.05, 0.1) is 6.26 Å². The summed E-state index contributed by atoms with van der Waals surface area (Å²) < 4.78 is 5.62. The van der Waals surface area contributed by atoms with Gasteiger partial charge in [-0.3, -0.25) is 4.90 Å². The number of furan rings is 1. The summed E-state index contributed by atoms with van der Waals surface area (Å²) in [5, 5.41) is 1.25. The van der Waals surface area contributed by atoms with E-state index in [0.717, 1.165) is 30.5 Å². The standard InChI is InChI=1S/C16H20N2O/c17-15-6-5-11-7-18(9-14(11)15)8-12-10-19-16-4-2-1-3-13(12)16/h1-4,10-11,14-15H,5-9,17H2. The lowest BCUT2D eigenvalue weighted by atomic mass is 9.98. The molecule has 1 saturated heterocycles. The summed E-state index contributed by atoms with van der Waals surface area (Å²) in [6, 6.07) is 8.71. The summed E-state index contributed by atoms with van der Waals surface area (Å²) in [5.74, 6) is 1.55. The van der Waals surface area contributed by atoms with Crippen LogP contribution in [0.25, 0.3) is 11.0 Å². The third-order valence-corrected chi connectivity index (χ3v) is 4.94. The van der Waals surface area contributed by atoms with Crippen LogP contribution >= 0.6 is 0 Å². The van der Waals surface area contributed by atoms with Crippen molar-refractivity contribution in [2.75, 3.05) is 13.1 Å². The van der Waals surface area contributed by atoms with Crippen molar-refractivity contribution in [1.29, 1.82) is 0 Å². The number of hydrogen-bond acceptors (Lipinski definition) is 3. The molecule has 0 spiro atoms. The van der Waals surface area contributed by atoms with Gasteiger partial charge in [-0.05, 0) is 30.7 Å². The second kappa shape index (κ2) is 4.36. The van der Waals surface area contributed by atoms with Crippen molar-refractivity contribution in [2.24, 2.45) is 17.6 Å². The molecule has 19 heavy (non-hydrogen) atoms. The van der Waals surface area contributed by atoms with Gasteiger partial charge in [0.25, 0.3) is 0 Å². The van der Waals surface area contributed by atoms with Crippen molar-refractivity contribution in [2.45, 2.75) is 25.4 Å². The maximum absolute atomic E-state index is 6.20. The van der Waals surface area contributed by atoms with Gasteiger partial charge in [-0.25, -0.2) is 0 Å². The Kier molecular flexibility index (Phi) is 2.64. The van der Waals surface area contributed by atoms with E-state index in [9.17, 15) is 0 Å². The summed E-state index contributed by atoms with van der Waals surface area (Å²) in [6.07, 6.45) is 4.45. The Hall–Kier alpha value is -1.32. The van der Waals surface area contributed by atoms with Crippen LogP contribution in [0.4, 0.5) is 0 Å². The number of nitrogens with two attached hydrogens (primary N) is 1. The topological polar surface area (TPSA) is 42.4 Å². The number of rotatable bonds is 2. The first-order chi connectivity index (χ1) is 9.31. The van der Waals surface area contributed by atoms with E-state index < -0.39 is 0 Å². The van der Waals surface area contributed by atoms with Gasteiger partial charge >= 0.3 is 0 Å². The van der Waals surface area contributed by atoms with Crippen LogP contribution in [0.15, 0.2) is 34.9 Å². The summed E-state index contributed by atoms with van der Waals surface area (Å²) in [7, 11) is 0. The van der Waals surface area contributed by atoms with Crippen LogP contribution in [0.1, 0.15) is 18.4 Å². The van der Waals surface area contributed by atoms with Crippen LogP contribution < -0.4 is 5.73 Å². The Morgan fingerprint density at radius 3 is 3.00 bits per heavy atom. The molecule has 0 amide bonds. The van der Waals surface area contributed by atoms with Crippen LogP contribution in [-0.4, -0.2) is 24.0 Å². The summed E-state index contributed by atoms with van der Waals surface area (Å²) in [5.41, 5.74) is 8.50. The predicted molar refractivity (Wildman–Crippen MR) is 75.7 cm³/mol. The van der Waals surface area contributed by atoms with Gasteiger partial charge in [-0.2, -0.15) is 0 Å². The molecule has 1 saturated carbocycles. The van der Waals surface area contributed by atoms with Crippen molar-refractivity contribution in [3.05, 3.63) is 36.1 Å². The quantitative estimate of drug-likeness (QED) is 0.898. The molecule has 3 nitrogen and oxygen atoms in total. The minimum atomic E-state index is 0.427. The van der Waals surface area contributed by atoms with Gasteiger partial charge < -0.3 is 10.2 Å². The highest BCUT2D eigenvalue weighted by Crippen LogP contribution is 2.38. The molecule has 1 aliphatic heterocycles. The molecule has 2 aromatic rings. The maximum Gasteiger partial charge on any atom is 0.134 e. The van der Waals surface area contributed by atoms with Crippen molar-refractivity contribution < 1.29 is 4.42 Å². The molecule has 1 aromatic carbocycles. The van der Waals surface area contributed by atoms with Gasteiger partial charge in [-0.1, -0.05) is 18.2 Å². The van der Waals surface area contributed by atoms with E-state index in [2.05, 4.69) is 17.0 Å². The van der Waals surface area contributed by atoms with Crippen LogP contribution in [0.5, 0.6) is 0 Å². The van der Waals surface area contributed by atoms with Crippen LogP contribution in [0, 0.1) is 11.8 Å². The number of para-hydroxylation sites is 1. The maximum atomic E-state index is 6.20. The number of hydrogen-bond donors (Lipinski definition) is 1. The van der Waals surface area contributed by atoms with Crippen LogP contribution in [0.3, 0.4) is 0 Å². The van der Waals surface area contributed by atoms with Gasteiger partial charge in [0.2, 0.25) is 0 Å². The Labute approximate surface area is 113 Å². The van der Waals surface area contributed by atoms with E-state index in [1.54, 1.807) is 0 Å². The molecule has 3 atom stereocenters. The summed E-state index contributed by atoms with van der Waals surface area (Å²) in [6.45, 7) is 3.36. The summed E-state index contributed by atoms with van der Waals surface area (Å²) >= 11 is 0. The number of benzene rings is 1. The molecule has 2 fully saturated rings. The molecular formula is C16H20N2O. The van der Waals surface area contributed by atoms with E-state index in [-0.39, 0.29) is 0 Å². The Morgan fingerprint density at radius 1 is 1.21 bits per heavy atom. The third kappa shape index (κ3) is 1.88. The van der Waals surface area contributed by atoms with Crippen LogP contribution in [-0.2, 0) is 6.54 Å². The van der Waals surface area contributed by atoms with Crippen LogP contribution in [0.2, 0.25) is 0 Å². The Bertz CT molecular complexity index is 591. The third-order valence-electron chi connectivity index (χ3n) is 4.94. The molecule has 100 valence electrons. The molecule has 3 heteroatoms. The Balaban J connectivity index is 1.53. The summed E-state index contributed by atoms with van der Waals surface area (Å²) in [4.78, 5) is 2.55. The fraction of sp³-hybridized carbons (Fsp3) is 0.500. The van der Waals surface area contributed by atoms with Crippen molar-refractivity contribution in [3.8, 4) is 0 Å². The van der Waals surface area contributed by atoms with Crippen molar-refractivity contribution >= 4 is 11.0 Å². The van der Waals surface area contributed by atoms with Gasteiger partial charge in [0, 0.05) is 36.6 Å². The largest absolute Gasteiger partial charge is 0.464 e. The molecule has 2 aliphatic rings. The van der Waals surface area contributed by atoms with Crippen molar-refractivity contribution in [3.63, 3.8) is 0 Å². The molecular weight excluding hydrogens is 236 g/mol. The SMILES string of the molecule is NC1CCC2CN(Cc3coc4ccccc34)CC12. The minimum absolute atomic E-state index is 0.427. The highest BCUT2D eigenvalue weighted by Gasteiger charge is 2.40. The second-order valence-corrected chi connectivity index (χ2v) is 6.12. The second-order valence-electron chi connectivity index (χ2n) is 6.12. The molecule has 0 radical (unpaired) electrons. The predicted octanol–water partition coefficient (Wildman–Crippen LogP) is 2.60. The smallest absolute Gasteiger partial charge is 0.134 e. The highest BCUT2D eigenvalue weighted by atomic mass is 16.3. The zero-order chi connectivity index (χ0) is 12.8. The molecule has 2 N–H and O–H groups in total. The first kappa shape index (κ1) is 11.5. The van der Waals surface area contributed by atoms with E-state index in [1.807, 2.05) is 18.4 Å². The Morgan fingerprint density at radius 2 is 2.11 bits per heavy atom. The highest BCUT2D eigenvalue weighted by molar-refractivity contribution is 5.80. The van der Waals surface area contributed by atoms with Gasteiger partial charge in [-0.15, -0.1) is 0 Å². The van der Waals surface area contributed by atoms with E-state index >= 15 is 0 Å². The number of nitrogens with zero attached hydrogens (tertiary/aromatic N) is 1. The molecule has 2 heterocycles. The van der Waals surface area contributed by atoms with E-state index in [4.69, 9.17) is 10.2 Å². The lowest BCUT2D eigenvalue weighted by Gasteiger charge is -2.17. The monoisotopic (exact) mass is 256 g/mol. The zero-order valence-corrected chi connectivity index (χ0v) is 11.1. The van der Waals surface area contributed by atoms with Gasteiger partial charge in [0.15, 0.2) is 0 Å². The fourth-order valence-corrected chi connectivity index (χ4v) is 3.92. The lowest BCUT2D eigenvalue weighted by Crippen LogP contribution is -2.30. The van der Waals surface area contributed by atoms with Gasteiger partial charge in [0.1, 0.15) is 5.58 Å². The number of likely N-dealkylation sites (tertiary alicyclic amines) is 1. The zero-order valence-electron chi connectivity index (χ0n) is 11.1. The lowest BCUT2D eigenvalue weighted by molar-refractivity contribution is 0.298. The van der Waals surface area contributed by atoms with Crippen molar-refractivity contribution in [1.82, 2.24) is 4.90 Å². The molecule has 1 aromatic heterocycles. The molecule has 0 bridgehead atoms. The molecule has 1 aliphatic carbocycles. The first-order valence-corrected chi connectivity index (χ1v) is 7.24. The minimum Gasteiger partial charge on any atom is -0.464 e. The van der Waals surface area contributed by atoms with E-state index in [0.29, 0.717) is 6.04 Å². The first-order valence-electron chi connectivity index (χ1n) is 7.24. The van der Waals surface area contributed by atoms with E-state index in [1.165, 1.54) is 30.3 Å². The average Bonchev–Trinajstić information content (AvgIpc) is 3.09. The molecule has 4 rings (SSSR count).